The molecule has 0 aromatic heterocycles. The van der Waals surface area contributed by atoms with Gasteiger partial charge in [0.25, 0.3) is 11.1 Å². The van der Waals surface area contributed by atoms with Crippen LogP contribution < -0.4 is 14.8 Å². The average Bonchev–Trinajstić information content (AvgIpc) is 2.95. The summed E-state index contributed by atoms with van der Waals surface area (Å²) in [7, 11) is 3.00. The number of amides is 3. The van der Waals surface area contributed by atoms with Crippen molar-refractivity contribution in [2.24, 2.45) is 0 Å². The second-order valence-electron chi connectivity index (χ2n) is 6.05. The Bertz CT molecular complexity index is 1060. The highest BCUT2D eigenvalue weighted by Gasteiger charge is 2.36. The highest BCUT2D eigenvalue weighted by Crippen LogP contribution is 2.35. The number of hydrogen-bond donors (Lipinski definition) is 1. The quantitative estimate of drug-likeness (QED) is 0.561. The molecule has 1 fully saturated rings. The third-order valence-corrected chi connectivity index (χ3v) is 5.79. The Morgan fingerprint density at radius 3 is 2.53 bits per heavy atom. The van der Waals surface area contributed by atoms with E-state index >= 15 is 0 Å². The van der Waals surface area contributed by atoms with Gasteiger partial charge in [0.05, 0.1) is 24.1 Å². The molecule has 0 radical (unpaired) electrons. The number of carbonyl (C=O) groups excluding carboxylic acids is 3. The van der Waals surface area contributed by atoms with Crippen molar-refractivity contribution in [3.63, 3.8) is 0 Å². The number of nitrogens with one attached hydrogen (secondary N) is 1. The van der Waals surface area contributed by atoms with E-state index in [-0.39, 0.29) is 4.91 Å². The topological polar surface area (TPSA) is 84.9 Å². The van der Waals surface area contributed by atoms with E-state index in [1.54, 1.807) is 36.4 Å². The lowest BCUT2D eigenvalue weighted by molar-refractivity contribution is -0.127. The summed E-state index contributed by atoms with van der Waals surface area (Å²) in [6.07, 6.45) is 1.57. The number of benzene rings is 2. The number of hydrogen-bond acceptors (Lipinski definition) is 6. The van der Waals surface area contributed by atoms with E-state index in [9.17, 15) is 14.4 Å². The van der Waals surface area contributed by atoms with Crippen molar-refractivity contribution in [1.29, 1.82) is 0 Å². The minimum atomic E-state index is -0.546. The van der Waals surface area contributed by atoms with Gasteiger partial charge < -0.3 is 14.8 Å². The van der Waals surface area contributed by atoms with Gasteiger partial charge in [-0.1, -0.05) is 27.5 Å². The maximum atomic E-state index is 12.7. The summed E-state index contributed by atoms with van der Waals surface area (Å²) in [6, 6.07) is 10.0. The molecule has 10 heteroatoms. The van der Waals surface area contributed by atoms with Gasteiger partial charge in [-0.15, -0.1) is 0 Å². The summed E-state index contributed by atoms with van der Waals surface area (Å²) in [5.41, 5.74) is 1.06. The van der Waals surface area contributed by atoms with Crippen LogP contribution in [0, 0.1) is 0 Å². The number of halogens is 2. The first-order chi connectivity index (χ1) is 14.3. The molecule has 2 aromatic rings. The molecule has 3 rings (SSSR count). The molecule has 0 aliphatic carbocycles. The van der Waals surface area contributed by atoms with Crippen LogP contribution in [0.1, 0.15) is 5.56 Å². The number of rotatable bonds is 6. The van der Waals surface area contributed by atoms with Crippen LogP contribution in [0.25, 0.3) is 6.08 Å². The van der Waals surface area contributed by atoms with E-state index in [0.717, 1.165) is 21.1 Å². The van der Waals surface area contributed by atoms with Crippen LogP contribution in [-0.2, 0) is 9.59 Å². The van der Waals surface area contributed by atoms with Gasteiger partial charge in [0.2, 0.25) is 5.91 Å². The predicted molar refractivity (Wildman–Crippen MR) is 120 cm³/mol. The van der Waals surface area contributed by atoms with Crippen LogP contribution in [0.3, 0.4) is 0 Å². The Morgan fingerprint density at radius 1 is 1.17 bits per heavy atom. The van der Waals surface area contributed by atoms with Gasteiger partial charge in [-0.25, -0.2) is 0 Å². The standard InChI is InChI=1S/C20H16BrClN2O5S/c1-28-15-5-3-12(21)7-11(15)8-17-19(26)24(20(27)30-17)10-18(25)23-13-4-6-16(29-2)14(22)9-13/h3-9H,10H2,1-2H3,(H,23,25)/b17-8+. The van der Waals surface area contributed by atoms with Gasteiger partial charge in [0.1, 0.15) is 18.0 Å². The summed E-state index contributed by atoms with van der Waals surface area (Å²) in [4.78, 5) is 38.4. The molecule has 1 aliphatic rings. The first kappa shape index (κ1) is 22.2. The fourth-order valence-corrected chi connectivity index (χ4v) is 4.15. The molecule has 0 unspecified atom stereocenters. The Kier molecular flexibility index (Phi) is 7.06. The first-order valence-electron chi connectivity index (χ1n) is 8.54. The van der Waals surface area contributed by atoms with E-state index < -0.39 is 23.6 Å². The summed E-state index contributed by atoms with van der Waals surface area (Å²) in [6.45, 7) is -0.415. The van der Waals surface area contributed by atoms with Crippen molar-refractivity contribution < 1.29 is 23.9 Å². The number of imide groups is 1. The van der Waals surface area contributed by atoms with Crippen LogP contribution in [0.15, 0.2) is 45.8 Å². The van der Waals surface area contributed by atoms with E-state index in [2.05, 4.69) is 21.2 Å². The van der Waals surface area contributed by atoms with E-state index in [1.807, 2.05) is 0 Å². The number of nitrogens with zero attached hydrogens (tertiary/aromatic N) is 1. The Morgan fingerprint density at radius 2 is 1.87 bits per heavy atom. The minimum absolute atomic E-state index is 0.205. The molecule has 7 nitrogen and oxygen atoms in total. The van der Waals surface area contributed by atoms with Crippen molar-refractivity contribution in [2.45, 2.75) is 0 Å². The Labute approximate surface area is 190 Å². The fraction of sp³-hybridized carbons (Fsp3) is 0.150. The number of thioether (sulfide) groups is 1. The minimum Gasteiger partial charge on any atom is -0.496 e. The molecule has 30 heavy (non-hydrogen) atoms. The molecule has 0 saturated carbocycles. The summed E-state index contributed by atoms with van der Waals surface area (Å²) in [5.74, 6) is -0.0531. The molecular formula is C20H16BrClN2O5S. The summed E-state index contributed by atoms with van der Waals surface area (Å²) in [5, 5.41) is 2.41. The fourth-order valence-electron chi connectivity index (χ4n) is 2.68. The van der Waals surface area contributed by atoms with E-state index in [1.165, 1.54) is 20.3 Å². The number of anilines is 1. The lowest BCUT2D eigenvalue weighted by Gasteiger charge is -2.13. The molecule has 156 valence electrons. The average molecular weight is 512 g/mol. The van der Waals surface area contributed by atoms with Crippen LogP contribution in [0.5, 0.6) is 11.5 Å². The normalized spacial score (nSPS) is 14.9. The first-order valence-corrected chi connectivity index (χ1v) is 10.5. The summed E-state index contributed by atoms with van der Waals surface area (Å²) >= 11 is 10.2. The van der Waals surface area contributed by atoms with Crippen molar-refractivity contribution >= 4 is 68.1 Å². The van der Waals surface area contributed by atoms with Gasteiger partial charge in [-0.3, -0.25) is 19.3 Å². The van der Waals surface area contributed by atoms with Crippen molar-refractivity contribution in [2.75, 3.05) is 26.1 Å². The highest BCUT2D eigenvalue weighted by atomic mass is 79.9. The van der Waals surface area contributed by atoms with Crippen LogP contribution in [0.2, 0.25) is 5.02 Å². The molecule has 1 heterocycles. The van der Waals surface area contributed by atoms with Gasteiger partial charge in [-0.2, -0.15) is 0 Å². The van der Waals surface area contributed by atoms with Gasteiger partial charge >= 0.3 is 0 Å². The molecule has 3 amide bonds. The molecule has 0 bridgehead atoms. The van der Waals surface area contributed by atoms with Gasteiger partial charge in [-0.05, 0) is 54.2 Å². The van der Waals surface area contributed by atoms with Gasteiger partial charge in [0.15, 0.2) is 0 Å². The SMILES string of the molecule is COc1ccc(NC(=O)CN2C(=O)S/C(=C/c3cc(Br)ccc3OC)C2=O)cc1Cl. The molecular weight excluding hydrogens is 496 g/mol. The molecule has 2 aromatic carbocycles. The second kappa shape index (κ2) is 9.55. The number of ether oxygens (including phenoxy) is 2. The smallest absolute Gasteiger partial charge is 0.294 e. The molecule has 0 atom stereocenters. The van der Waals surface area contributed by atoms with Gasteiger partial charge in [0, 0.05) is 15.7 Å². The predicted octanol–water partition coefficient (Wildman–Crippen LogP) is 4.79. The Hall–Kier alpha value is -2.49. The lowest BCUT2D eigenvalue weighted by atomic mass is 10.2. The summed E-state index contributed by atoms with van der Waals surface area (Å²) < 4.78 is 11.1. The molecule has 1 N–H and O–H groups in total. The zero-order valence-corrected chi connectivity index (χ0v) is 19.1. The number of carbonyl (C=O) groups is 3. The Balaban J connectivity index is 1.73. The third kappa shape index (κ3) is 4.97. The van der Waals surface area contributed by atoms with E-state index in [0.29, 0.717) is 27.8 Å². The van der Waals surface area contributed by atoms with Crippen LogP contribution >= 0.6 is 39.3 Å². The van der Waals surface area contributed by atoms with Crippen LogP contribution in [0.4, 0.5) is 10.5 Å². The molecule has 1 aliphatic heterocycles. The van der Waals surface area contributed by atoms with Crippen molar-refractivity contribution in [3.05, 3.63) is 56.4 Å². The zero-order valence-electron chi connectivity index (χ0n) is 15.9. The highest BCUT2D eigenvalue weighted by molar-refractivity contribution is 9.10. The lowest BCUT2D eigenvalue weighted by Crippen LogP contribution is -2.36. The monoisotopic (exact) mass is 510 g/mol. The largest absolute Gasteiger partial charge is 0.496 e. The van der Waals surface area contributed by atoms with Crippen LogP contribution in [-0.4, -0.2) is 42.7 Å². The third-order valence-electron chi connectivity index (χ3n) is 4.09. The molecule has 0 spiro atoms. The van der Waals surface area contributed by atoms with Crippen molar-refractivity contribution in [1.82, 2.24) is 4.90 Å². The van der Waals surface area contributed by atoms with E-state index in [4.69, 9.17) is 21.1 Å². The van der Waals surface area contributed by atoms with Crippen molar-refractivity contribution in [3.8, 4) is 11.5 Å². The molecule has 1 saturated heterocycles. The number of methoxy groups -OCH3 is 2. The zero-order chi connectivity index (χ0) is 21.8. The second-order valence-corrected chi connectivity index (χ2v) is 8.37. The maximum Gasteiger partial charge on any atom is 0.294 e. The maximum absolute atomic E-state index is 12.7.